The van der Waals surface area contributed by atoms with Crippen molar-refractivity contribution in [2.45, 2.75) is 6.92 Å². The third-order valence-electron chi connectivity index (χ3n) is 5.24. The Labute approximate surface area is 209 Å². The summed E-state index contributed by atoms with van der Waals surface area (Å²) in [6, 6.07) is 11.4. The van der Waals surface area contributed by atoms with E-state index in [0.717, 1.165) is 23.5 Å². The molecule has 0 amide bonds. The highest BCUT2D eigenvalue weighted by Crippen LogP contribution is 2.20. The zero-order chi connectivity index (χ0) is 25.1. The Bertz CT molecular complexity index is 1700. The first-order valence-corrected chi connectivity index (χ1v) is 11.1. The van der Waals surface area contributed by atoms with Gasteiger partial charge in [-0.15, -0.1) is 0 Å². The molecule has 12 heteroatoms. The molecule has 6 aromatic rings. The number of carbonyl (C=O) groups is 2. The van der Waals surface area contributed by atoms with Crippen LogP contribution in [0.15, 0.2) is 73.6 Å². The first-order chi connectivity index (χ1) is 17.6. The Morgan fingerprint density at radius 2 is 1.58 bits per heavy atom. The van der Waals surface area contributed by atoms with Gasteiger partial charge < -0.3 is 9.88 Å². The maximum absolute atomic E-state index is 11.0. The van der Waals surface area contributed by atoms with Crippen LogP contribution in [-0.2, 0) is 0 Å². The summed E-state index contributed by atoms with van der Waals surface area (Å²) in [5.74, 6) is 1.56. The molecule has 0 aliphatic rings. The zero-order valence-electron chi connectivity index (χ0n) is 18.9. The predicted octanol–water partition coefficient (Wildman–Crippen LogP) is 3.97. The fourth-order valence-electron chi connectivity index (χ4n) is 3.52. The molecule has 178 valence electrons. The highest BCUT2D eigenvalue weighted by atomic mass is 35.5. The van der Waals surface area contributed by atoms with Crippen LogP contribution in [-0.4, -0.2) is 51.3 Å². The maximum atomic E-state index is 11.0. The average molecular weight is 500 g/mol. The highest BCUT2D eigenvalue weighted by molar-refractivity contribution is 6.29. The van der Waals surface area contributed by atoms with Crippen molar-refractivity contribution >= 4 is 47.0 Å². The molecule has 6 rings (SSSR count). The van der Waals surface area contributed by atoms with Crippen LogP contribution >= 0.6 is 11.6 Å². The Morgan fingerprint density at radius 1 is 0.889 bits per heavy atom. The van der Waals surface area contributed by atoms with Crippen molar-refractivity contribution < 1.29 is 9.59 Å². The third kappa shape index (κ3) is 4.55. The molecule has 0 radical (unpaired) electrons. The van der Waals surface area contributed by atoms with Gasteiger partial charge in [0.25, 0.3) is 0 Å². The van der Waals surface area contributed by atoms with Crippen LogP contribution in [0, 0.1) is 6.92 Å². The summed E-state index contributed by atoms with van der Waals surface area (Å²) >= 11 is 5.64. The lowest BCUT2D eigenvalue weighted by Gasteiger charge is -2.09. The molecular weight excluding hydrogens is 482 g/mol. The number of nitrogens with zero attached hydrogens (tertiary/aromatic N) is 8. The Hall–Kier alpha value is -4.90. The SMILES string of the molecule is Cc1nccn1-c1cccc(Nc2ccn3ncc(C=O)c3n2)c1.O=Cc1cnn2ccc(Cl)nc12. The van der Waals surface area contributed by atoms with E-state index in [1.807, 2.05) is 48.0 Å². The molecule has 11 nitrogen and oxygen atoms in total. The van der Waals surface area contributed by atoms with Gasteiger partial charge in [0.15, 0.2) is 23.9 Å². The van der Waals surface area contributed by atoms with Crippen LogP contribution in [0.5, 0.6) is 0 Å². The largest absolute Gasteiger partial charge is 0.340 e. The van der Waals surface area contributed by atoms with Crippen LogP contribution in [0.2, 0.25) is 5.15 Å². The molecule has 0 spiro atoms. The lowest BCUT2D eigenvalue weighted by molar-refractivity contribution is 0.111. The number of anilines is 2. The summed E-state index contributed by atoms with van der Waals surface area (Å²) < 4.78 is 5.07. The average Bonchev–Trinajstić information content (AvgIpc) is 3.62. The fourth-order valence-corrected chi connectivity index (χ4v) is 3.66. The van der Waals surface area contributed by atoms with Gasteiger partial charge in [0.2, 0.25) is 0 Å². The molecule has 0 aliphatic carbocycles. The minimum Gasteiger partial charge on any atom is -0.340 e. The van der Waals surface area contributed by atoms with Gasteiger partial charge in [-0.3, -0.25) is 9.59 Å². The van der Waals surface area contributed by atoms with Crippen LogP contribution in [0.3, 0.4) is 0 Å². The predicted molar refractivity (Wildman–Crippen MR) is 133 cm³/mol. The lowest BCUT2D eigenvalue weighted by atomic mass is 10.2. The number of imidazole rings is 1. The fraction of sp³-hybridized carbons (Fsp3) is 0.0417. The Kier molecular flexibility index (Phi) is 6.20. The number of rotatable bonds is 5. The van der Waals surface area contributed by atoms with E-state index < -0.39 is 0 Å². The smallest absolute Gasteiger partial charge is 0.167 e. The van der Waals surface area contributed by atoms with Crippen LogP contribution < -0.4 is 5.32 Å². The molecule has 0 atom stereocenters. The first kappa shape index (κ1) is 22.9. The van der Waals surface area contributed by atoms with Gasteiger partial charge >= 0.3 is 0 Å². The Balaban J connectivity index is 0.000000186. The van der Waals surface area contributed by atoms with E-state index in [4.69, 9.17) is 11.6 Å². The normalized spacial score (nSPS) is 10.7. The summed E-state index contributed by atoms with van der Waals surface area (Å²) in [6.45, 7) is 1.95. The van der Waals surface area contributed by atoms with Gasteiger partial charge in [0.1, 0.15) is 16.8 Å². The van der Waals surface area contributed by atoms with Crippen molar-refractivity contribution in [2.24, 2.45) is 0 Å². The maximum Gasteiger partial charge on any atom is 0.167 e. The van der Waals surface area contributed by atoms with E-state index in [1.165, 1.54) is 16.9 Å². The van der Waals surface area contributed by atoms with Crippen molar-refractivity contribution in [3.8, 4) is 5.69 Å². The van der Waals surface area contributed by atoms with Crippen molar-refractivity contribution in [1.29, 1.82) is 0 Å². The van der Waals surface area contributed by atoms with Gasteiger partial charge in [-0.1, -0.05) is 17.7 Å². The summed E-state index contributed by atoms with van der Waals surface area (Å²) in [5.41, 5.74) is 3.81. The van der Waals surface area contributed by atoms with E-state index in [0.29, 0.717) is 39.7 Å². The van der Waals surface area contributed by atoms with E-state index in [-0.39, 0.29) is 0 Å². The molecule has 0 aliphatic heterocycles. The molecule has 5 heterocycles. The number of fused-ring (bicyclic) bond motifs is 2. The number of hydrogen-bond acceptors (Lipinski definition) is 8. The molecule has 0 saturated carbocycles. The molecule has 0 unspecified atom stereocenters. The second kappa shape index (κ2) is 9.76. The van der Waals surface area contributed by atoms with Crippen molar-refractivity contribution in [2.75, 3.05) is 5.32 Å². The van der Waals surface area contributed by atoms with Crippen molar-refractivity contribution in [3.05, 3.63) is 95.7 Å². The number of aromatic nitrogens is 8. The highest BCUT2D eigenvalue weighted by Gasteiger charge is 2.07. The molecule has 0 saturated heterocycles. The van der Waals surface area contributed by atoms with Crippen LogP contribution in [0.1, 0.15) is 26.5 Å². The minimum atomic E-state index is 0.353. The van der Waals surface area contributed by atoms with Gasteiger partial charge in [0, 0.05) is 36.2 Å². The Morgan fingerprint density at radius 3 is 2.25 bits per heavy atom. The second-order valence-corrected chi connectivity index (χ2v) is 7.94. The van der Waals surface area contributed by atoms with Gasteiger partial charge in [-0.2, -0.15) is 10.2 Å². The number of benzene rings is 1. The molecule has 0 fully saturated rings. The summed E-state index contributed by atoms with van der Waals surface area (Å²) in [4.78, 5) is 34.1. The van der Waals surface area contributed by atoms with Crippen molar-refractivity contribution in [1.82, 2.24) is 38.7 Å². The number of nitrogens with one attached hydrogen (secondary N) is 1. The van der Waals surface area contributed by atoms with E-state index in [1.54, 1.807) is 29.2 Å². The van der Waals surface area contributed by atoms with E-state index in [2.05, 4.69) is 30.5 Å². The summed E-state index contributed by atoms with van der Waals surface area (Å²) in [5, 5.41) is 11.6. The number of aldehydes is 2. The molecule has 36 heavy (non-hydrogen) atoms. The topological polar surface area (TPSA) is 124 Å². The standard InChI is InChI=1S/C17H14N6O.C7H4ClN3O/c1-12-18-6-8-22(12)15-4-2-3-14(9-15)20-16-5-7-23-17(21-16)13(11-24)10-19-23;8-6-1-2-11-7(10-6)5(4-12)3-9-11/h2-11H,1H3,(H,20,21);1-4H. The monoisotopic (exact) mass is 499 g/mol. The number of carbonyl (C=O) groups excluding carboxylic acids is 2. The number of hydrogen-bond donors (Lipinski definition) is 1. The summed E-state index contributed by atoms with van der Waals surface area (Å²) in [7, 11) is 0. The van der Waals surface area contributed by atoms with Gasteiger partial charge in [-0.25, -0.2) is 24.0 Å². The van der Waals surface area contributed by atoms with Gasteiger partial charge in [-0.05, 0) is 37.3 Å². The van der Waals surface area contributed by atoms with E-state index in [9.17, 15) is 9.59 Å². The molecular formula is C24H18ClN9O2. The van der Waals surface area contributed by atoms with Crippen LogP contribution in [0.4, 0.5) is 11.5 Å². The number of aryl methyl sites for hydroxylation is 1. The quantitative estimate of drug-likeness (QED) is 0.279. The second-order valence-electron chi connectivity index (χ2n) is 7.55. The van der Waals surface area contributed by atoms with Gasteiger partial charge in [0.05, 0.1) is 23.5 Å². The third-order valence-corrected chi connectivity index (χ3v) is 5.45. The lowest BCUT2D eigenvalue weighted by Crippen LogP contribution is -2.00. The molecule has 1 N–H and O–H groups in total. The molecule has 5 aromatic heterocycles. The summed E-state index contributed by atoms with van der Waals surface area (Å²) in [6.07, 6.45) is 11.5. The van der Waals surface area contributed by atoms with E-state index >= 15 is 0 Å². The van der Waals surface area contributed by atoms with Crippen LogP contribution in [0.25, 0.3) is 17.0 Å². The number of halogens is 1. The molecule has 1 aromatic carbocycles. The molecule has 0 bridgehead atoms. The first-order valence-electron chi connectivity index (χ1n) is 10.7. The minimum absolute atomic E-state index is 0.353. The van der Waals surface area contributed by atoms with Crippen molar-refractivity contribution in [3.63, 3.8) is 0 Å². The zero-order valence-corrected chi connectivity index (χ0v) is 19.6.